The number of likely N-dealkylation sites (tertiary alicyclic amines) is 1. The molecule has 1 aromatic heterocycles. The molecule has 6 heteroatoms. The van der Waals surface area contributed by atoms with Crippen molar-refractivity contribution in [1.82, 2.24) is 15.0 Å². The van der Waals surface area contributed by atoms with Crippen molar-refractivity contribution in [2.75, 3.05) is 13.1 Å². The van der Waals surface area contributed by atoms with Crippen LogP contribution < -0.4 is 5.73 Å². The first kappa shape index (κ1) is 14.0. The van der Waals surface area contributed by atoms with Crippen molar-refractivity contribution < 1.29 is 9.32 Å². The van der Waals surface area contributed by atoms with Crippen molar-refractivity contribution in [3.05, 3.63) is 11.7 Å². The van der Waals surface area contributed by atoms with E-state index in [1.807, 2.05) is 13.8 Å². The van der Waals surface area contributed by atoms with Gasteiger partial charge in [-0.2, -0.15) is 4.98 Å². The molecular formula is C13H22N4O2. The Morgan fingerprint density at radius 1 is 1.37 bits per heavy atom. The van der Waals surface area contributed by atoms with E-state index >= 15 is 0 Å². The number of carbonyl (C=O) groups excluding carboxylic acids is 1. The Kier molecular flexibility index (Phi) is 4.19. The van der Waals surface area contributed by atoms with Crippen LogP contribution in [0.25, 0.3) is 0 Å². The van der Waals surface area contributed by atoms with Gasteiger partial charge in [-0.25, -0.2) is 0 Å². The molecule has 0 aliphatic carbocycles. The summed E-state index contributed by atoms with van der Waals surface area (Å²) in [6, 6.07) is 0.0915. The van der Waals surface area contributed by atoms with E-state index in [0.717, 1.165) is 31.8 Å². The van der Waals surface area contributed by atoms with Gasteiger partial charge in [-0.05, 0) is 32.9 Å². The molecule has 0 bridgehead atoms. The van der Waals surface area contributed by atoms with Crippen molar-refractivity contribution in [3.63, 3.8) is 0 Å². The Hall–Kier alpha value is -1.43. The van der Waals surface area contributed by atoms with Gasteiger partial charge in [0.25, 0.3) is 0 Å². The van der Waals surface area contributed by atoms with E-state index in [2.05, 4.69) is 22.0 Å². The fraction of sp³-hybridized carbons (Fsp3) is 0.769. The van der Waals surface area contributed by atoms with Crippen molar-refractivity contribution in [3.8, 4) is 0 Å². The highest BCUT2D eigenvalue weighted by Gasteiger charge is 2.28. The van der Waals surface area contributed by atoms with Gasteiger partial charge in [-0.3, -0.25) is 9.69 Å². The van der Waals surface area contributed by atoms with Crippen LogP contribution in [0.5, 0.6) is 0 Å². The van der Waals surface area contributed by atoms with E-state index in [9.17, 15) is 4.79 Å². The normalized spacial score (nSPS) is 19.8. The molecule has 1 saturated heterocycles. The third-order valence-corrected chi connectivity index (χ3v) is 3.81. The molecule has 1 aromatic rings. The fourth-order valence-corrected chi connectivity index (χ4v) is 2.38. The van der Waals surface area contributed by atoms with Crippen LogP contribution in [-0.4, -0.2) is 34.0 Å². The van der Waals surface area contributed by atoms with Crippen molar-refractivity contribution in [2.45, 2.75) is 45.6 Å². The Bertz CT molecular complexity index is 436. The van der Waals surface area contributed by atoms with E-state index < -0.39 is 0 Å². The summed E-state index contributed by atoms with van der Waals surface area (Å²) >= 11 is 0. The second kappa shape index (κ2) is 5.69. The number of amides is 1. The lowest BCUT2D eigenvalue weighted by molar-refractivity contribution is -0.123. The van der Waals surface area contributed by atoms with E-state index in [1.54, 1.807) is 0 Å². The molecule has 0 unspecified atom stereocenters. The molecule has 2 rings (SSSR count). The minimum atomic E-state index is -0.188. The maximum atomic E-state index is 11.1. The van der Waals surface area contributed by atoms with Crippen LogP contribution in [-0.2, 0) is 4.79 Å². The molecule has 2 heterocycles. The molecule has 0 radical (unpaired) electrons. The maximum Gasteiger partial charge on any atom is 0.243 e. The number of piperidine rings is 1. The van der Waals surface area contributed by atoms with Crippen molar-refractivity contribution >= 4 is 5.91 Å². The van der Waals surface area contributed by atoms with Gasteiger partial charge in [0.05, 0.1) is 6.04 Å². The van der Waals surface area contributed by atoms with E-state index in [-0.39, 0.29) is 23.8 Å². The molecule has 1 aliphatic rings. The molecule has 1 aliphatic heterocycles. The van der Waals surface area contributed by atoms with Gasteiger partial charge in [0.1, 0.15) is 0 Å². The summed E-state index contributed by atoms with van der Waals surface area (Å²) in [7, 11) is 0. The summed E-state index contributed by atoms with van der Waals surface area (Å²) in [5, 5.41) is 3.99. The fourth-order valence-electron chi connectivity index (χ4n) is 2.38. The molecule has 2 N–H and O–H groups in total. The smallest absolute Gasteiger partial charge is 0.243 e. The highest BCUT2D eigenvalue weighted by Crippen LogP contribution is 2.26. The highest BCUT2D eigenvalue weighted by molar-refractivity contribution is 5.76. The van der Waals surface area contributed by atoms with Gasteiger partial charge in [0, 0.05) is 11.8 Å². The lowest BCUT2D eigenvalue weighted by Gasteiger charge is -2.33. The van der Waals surface area contributed by atoms with Crippen LogP contribution in [0.3, 0.4) is 0 Å². The standard InChI is InChI=1S/C13H22N4O2/c1-8(2)12-15-13(19-16-12)9(3)17-6-4-10(5-7-17)11(14)18/h8-10H,4-7H2,1-3H3,(H2,14,18)/t9-/m1/s1. The van der Waals surface area contributed by atoms with Gasteiger partial charge >= 0.3 is 0 Å². The second-order valence-electron chi connectivity index (χ2n) is 5.53. The minimum absolute atomic E-state index is 0.0114. The largest absolute Gasteiger partial charge is 0.369 e. The molecule has 19 heavy (non-hydrogen) atoms. The lowest BCUT2D eigenvalue weighted by Crippen LogP contribution is -2.39. The predicted octanol–water partition coefficient (Wildman–Crippen LogP) is 1.45. The van der Waals surface area contributed by atoms with E-state index in [4.69, 9.17) is 10.3 Å². The number of primary amides is 1. The summed E-state index contributed by atoms with van der Waals surface area (Å²) in [5.74, 6) is 1.49. The summed E-state index contributed by atoms with van der Waals surface area (Å²) < 4.78 is 5.32. The van der Waals surface area contributed by atoms with Gasteiger partial charge in [0.15, 0.2) is 5.82 Å². The number of carbonyl (C=O) groups is 1. The molecule has 0 spiro atoms. The third kappa shape index (κ3) is 3.12. The van der Waals surface area contributed by atoms with Crippen LogP contribution in [0.1, 0.15) is 57.3 Å². The first-order chi connectivity index (χ1) is 8.99. The first-order valence-electron chi connectivity index (χ1n) is 6.86. The second-order valence-corrected chi connectivity index (χ2v) is 5.53. The van der Waals surface area contributed by atoms with Crippen LogP contribution in [0.15, 0.2) is 4.52 Å². The van der Waals surface area contributed by atoms with E-state index in [0.29, 0.717) is 5.89 Å². The van der Waals surface area contributed by atoms with Crippen LogP contribution in [0.4, 0.5) is 0 Å². The minimum Gasteiger partial charge on any atom is -0.369 e. The average molecular weight is 266 g/mol. The summed E-state index contributed by atoms with van der Waals surface area (Å²) in [5.41, 5.74) is 5.34. The Morgan fingerprint density at radius 3 is 2.47 bits per heavy atom. The molecule has 1 fully saturated rings. The Morgan fingerprint density at radius 2 is 2.00 bits per heavy atom. The van der Waals surface area contributed by atoms with Gasteiger partial charge in [-0.1, -0.05) is 19.0 Å². The zero-order valence-corrected chi connectivity index (χ0v) is 11.8. The van der Waals surface area contributed by atoms with Crippen molar-refractivity contribution in [1.29, 1.82) is 0 Å². The molecule has 6 nitrogen and oxygen atoms in total. The number of hydrogen-bond donors (Lipinski definition) is 1. The molecule has 0 aromatic carbocycles. The van der Waals surface area contributed by atoms with Crippen molar-refractivity contribution in [2.24, 2.45) is 11.7 Å². The Labute approximate surface area is 113 Å². The zero-order valence-electron chi connectivity index (χ0n) is 11.8. The monoisotopic (exact) mass is 266 g/mol. The number of nitrogens with zero attached hydrogens (tertiary/aromatic N) is 3. The lowest BCUT2D eigenvalue weighted by atomic mass is 9.95. The average Bonchev–Trinajstić information content (AvgIpc) is 2.87. The van der Waals surface area contributed by atoms with Crippen LogP contribution >= 0.6 is 0 Å². The molecule has 0 saturated carbocycles. The van der Waals surface area contributed by atoms with Crippen LogP contribution in [0, 0.1) is 5.92 Å². The maximum absolute atomic E-state index is 11.1. The first-order valence-corrected chi connectivity index (χ1v) is 6.86. The predicted molar refractivity (Wildman–Crippen MR) is 70.3 cm³/mol. The molecule has 1 amide bonds. The summed E-state index contributed by atoms with van der Waals surface area (Å²) in [6.07, 6.45) is 1.62. The SMILES string of the molecule is CC(C)c1noc([C@@H](C)N2CCC(C(N)=O)CC2)n1. The third-order valence-electron chi connectivity index (χ3n) is 3.81. The zero-order chi connectivity index (χ0) is 14.0. The highest BCUT2D eigenvalue weighted by atomic mass is 16.5. The quantitative estimate of drug-likeness (QED) is 0.891. The summed E-state index contributed by atoms with van der Waals surface area (Å²) in [6.45, 7) is 7.82. The molecule has 106 valence electrons. The number of hydrogen-bond acceptors (Lipinski definition) is 5. The Balaban J connectivity index is 1.96. The molecular weight excluding hydrogens is 244 g/mol. The van der Waals surface area contributed by atoms with Crippen LogP contribution in [0.2, 0.25) is 0 Å². The summed E-state index contributed by atoms with van der Waals surface area (Å²) in [4.78, 5) is 17.8. The van der Waals surface area contributed by atoms with Gasteiger partial charge < -0.3 is 10.3 Å². The van der Waals surface area contributed by atoms with Gasteiger partial charge in [-0.15, -0.1) is 0 Å². The van der Waals surface area contributed by atoms with Gasteiger partial charge in [0.2, 0.25) is 11.8 Å². The number of aromatic nitrogens is 2. The number of rotatable bonds is 4. The molecule has 1 atom stereocenters. The topological polar surface area (TPSA) is 85.3 Å². The van der Waals surface area contributed by atoms with E-state index in [1.165, 1.54) is 0 Å². The number of nitrogens with two attached hydrogens (primary N) is 1.